The molecule has 7 heteroatoms. The Bertz CT molecular complexity index is 953. The van der Waals surface area contributed by atoms with Crippen molar-refractivity contribution in [2.24, 2.45) is 11.1 Å². The van der Waals surface area contributed by atoms with Crippen molar-refractivity contribution < 1.29 is 14.0 Å². The molecule has 1 radical (unpaired) electrons. The monoisotopic (exact) mass is 384 g/mol. The molecule has 139 valence electrons. The predicted octanol–water partition coefficient (Wildman–Crippen LogP) is 3.12. The van der Waals surface area contributed by atoms with Gasteiger partial charge in [0.2, 0.25) is 5.91 Å². The molecule has 0 bridgehead atoms. The summed E-state index contributed by atoms with van der Waals surface area (Å²) >= 11 is 1.50. The van der Waals surface area contributed by atoms with E-state index in [0.29, 0.717) is 24.5 Å². The molecule has 2 heterocycles. The van der Waals surface area contributed by atoms with Crippen molar-refractivity contribution in [1.82, 2.24) is 9.88 Å². The molecule has 2 aliphatic carbocycles. The topological polar surface area (TPSA) is 76.3 Å². The lowest BCUT2D eigenvalue weighted by molar-refractivity contribution is -0.123. The van der Waals surface area contributed by atoms with Gasteiger partial charge in [-0.05, 0) is 50.3 Å². The molecule has 3 atom stereocenters. The lowest BCUT2D eigenvalue weighted by atomic mass is 10.00. The molecule has 1 saturated heterocycles. The van der Waals surface area contributed by atoms with Crippen molar-refractivity contribution in [1.29, 1.82) is 0 Å². The highest BCUT2D eigenvalue weighted by molar-refractivity contribution is 7.15. The Morgan fingerprint density at radius 1 is 1.26 bits per heavy atom. The second-order valence-corrected chi connectivity index (χ2v) is 8.85. The molecule has 2 amide bonds. The summed E-state index contributed by atoms with van der Waals surface area (Å²) in [6, 6.07) is 5.64. The molecule has 1 aromatic heterocycles. The van der Waals surface area contributed by atoms with Gasteiger partial charge in [-0.2, -0.15) is 0 Å². The lowest BCUT2D eigenvalue weighted by Crippen LogP contribution is -2.37. The van der Waals surface area contributed by atoms with Crippen LogP contribution in [0.5, 0.6) is 0 Å². The Morgan fingerprint density at radius 3 is 2.56 bits per heavy atom. The van der Waals surface area contributed by atoms with E-state index in [1.165, 1.54) is 23.5 Å². The molecule has 27 heavy (non-hydrogen) atoms. The van der Waals surface area contributed by atoms with Crippen LogP contribution < -0.4 is 5.73 Å². The van der Waals surface area contributed by atoms with Gasteiger partial charge < -0.3 is 10.6 Å². The van der Waals surface area contributed by atoms with Crippen LogP contribution in [0.4, 0.5) is 4.39 Å². The first-order chi connectivity index (χ1) is 12.9. The van der Waals surface area contributed by atoms with Crippen LogP contribution in [0.2, 0.25) is 0 Å². The maximum atomic E-state index is 13.4. The third-order valence-corrected chi connectivity index (χ3v) is 7.24. The minimum Gasteiger partial charge on any atom is -0.369 e. The van der Waals surface area contributed by atoms with Crippen molar-refractivity contribution in [3.05, 3.63) is 47.7 Å². The lowest BCUT2D eigenvalue weighted by Gasteiger charge is -2.23. The molecular weight excluding hydrogens is 365 g/mol. The summed E-state index contributed by atoms with van der Waals surface area (Å²) in [5.74, 6) is -0.467. The van der Waals surface area contributed by atoms with E-state index >= 15 is 0 Å². The van der Waals surface area contributed by atoms with Crippen LogP contribution in [-0.2, 0) is 4.79 Å². The van der Waals surface area contributed by atoms with Gasteiger partial charge in [-0.15, -0.1) is 11.3 Å². The van der Waals surface area contributed by atoms with Gasteiger partial charge >= 0.3 is 0 Å². The highest BCUT2D eigenvalue weighted by atomic mass is 32.1. The predicted molar refractivity (Wildman–Crippen MR) is 99.4 cm³/mol. The molecule has 0 spiro atoms. The van der Waals surface area contributed by atoms with E-state index < -0.39 is 5.41 Å². The first kappa shape index (κ1) is 16.9. The summed E-state index contributed by atoms with van der Waals surface area (Å²) in [5, 5.41) is 0.953. The minimum atomic E-state index is -0.618. The van der Waals surface area contributed by atoms with Gasteiger partial charge in [-0.3, -0.25) is 9.59 Å². The van der Waals surface area contributed by atoms with Crippen molar-refractivity contribution in [2.45, 2.75) is 43.7 Å². The summed E-state index contributed by atoms with van der Waals surface area (Å²) < 4.78 is 13.3. The number of aromatic nitrogens is 1. The number of hydrogen-bond donors (Lipinski definition) is 1. The Hall–Kier alpha value is -2.28. The van der Waals surface area contributed by atoms with Crippen LogP contribution in [0.3, 0.4) is 0 Å². The summed E-state index contributed by atoms with van der Waals surface area (Å²) in [5.41, 5.74) is 6.12. The number of carbonyl (C=O) groups excluding carboxylic acids is 2. The average molecular weight is 384 g/mol. The largest absolute Gasteiger partial charge is 0.369 e. The normalized spacial score (nSPS) is 28.9. The number of rotatable bonds is 4. The number of fused-ring (bicyclic) bond motifs is 1. The molecule has 5 nitrogen and oxygen atoms in total. The minimum absolute atomic E-state index is 0.183. The van der Waals surface area contributed by atoms with Gasteiger partial charge in [0.15, 0.2) is 0 Å². The molecular formula is C20H19FN3O2S. The molecule has 3 aliphatic rings. The van der Waals surface area contributed by atoms with Gasteiger partial charge in [0.25, 0.3) is 5.91 Å². The smallest absolute Gasteiger partial charge is 0.274 e. The van der Waals surface area contributed by atoms with E-state index in [4.69, 9.17) is 5.73 Å². The quantitative estimate of drug-likeness (QED) is 0.880. The van der Waals surface area contributed by atoms with E-state index in [0.717, 1.165) is 28.3 Å². The van der Waals surface area contributed by atoms with E-state index in [1.54, 1.807) is 17.0 Å². The number of nitrogens with zero attached hydrogens (tertiary/aromatic N) is 2. The van der Waals surface area contributed by atoms with Gasteiger partial charge in [0.1, 0.15) is 11.5 Å². The van der Waals surface area contributed by atoms with Gasteiger partial charge in [-0.25, -0.2) is 9.37 Å². The first-order valence-corrected chi connectivity index (χ1v) is 9.94. The van der Waals surface area contributed by atoms with Crippen LogP contribution >= 0.6 is 11.3 Å². The molecule has 5 rings (SSSR count). The number of benzene rings is 1. The fourth-order valence-corrected chi connectivity index (χ4v) is 5.45. The van der Waals surface area contributed by atoms with E-state index in [1.807, 2.05) is 0 Å². The summed E-state index contributed by atoms with van der Waals surface area (Å²) in [4.78, 5) is 32.3. The van der Waals surface area contributed by atoms with Crippen LogP contribution in [0.1, 0.15) is 47.1 Å². The van der Waals surface area contributed by atoms with Crippen LogP contribution in [-0.4, -0.2) is 33.8 Å². The molecule has 0 unspecified atom stereocenters. The number of primary amides is 1. The van der Waals surface area contributed by atoms with Gasteiger partial charge in [0.05, 0.1) is 15.3 Å². The summed E-state index contributed by atoms with van der Waals surface area (Å²) in [6.07, 6.45) is 3.27. The molecule has 3 fully saturated rings. The van der Waals surface area contributed by atoms with E-state index in [-0.39, 0.29) is 29.7 Å². The Morgan fingerprint density at radius 2 is 1.96 bits per heavy atom. The maximum absolute atomic E-state index is 13.4. The number of nitrogens with two attached hydrogens (primary N) is 1. The number of hydrogen-bond acceptors (Lipinski definition) is 4. The fourth-order valence-electron chi connectivity index (χ4n) is 4.22. The molecule has 2 N–H and O–H groups in total. The van der Waals surface area contributed by atoms with Crippen molar-refractivity contribution in [3.63, 3.8) is 0 Å². The maximum Gasteiger partial charge on any atom is 0.274 e. The fraction of sp³-hybridized carbons (Fsp3) is 0.400. The number of amides is 2. The van der Waals surface area contributed by atoms with Gasteiger partial charge in [0, 0.05) is 18.0 Å². The number of likely N-dealkylation sites (tertiary alicyclic amines) is 1. The zero-order valence-electron chi connectivity index (χ0n) is 14.7. The highest BCUT2D eigenvalue weighted by Crippen LogP contribution is 2.59. The zero-order chi connectivity index (χ0) is 18.9. The van der Waals surface area contributed by atoms with Crippen molar-refractivity contribution in [3.8, 4) is 10.4 Å². The molecule has 2 saturated carbocycles. The Balaban J connectivity index is 1.53. The molecule has 1 aromatic carbocycles. The number of halogens is 1. The number of piperidine rings is 1. The van der Waals surface area contributed by atoms with Gasteiger partial charge in [-0.1, -0.05) is 12.1 Å². The van der Waals surface area contributed by atoms with E-state index in [2.05, 4.69) is 11.9 Å². The number of carbonyl (C=O) groups is 2. The first-order valence-electron chi connectivity index (χ1n) is 9.13. The number of thiazole rings is 1. The molecule has 2 aromatic rings. The van der Waals surface area contributed by atoms with Crippen LogP contribution in [0, 0.1) is 18.2 Å². The Labute approximate surface area is 160 Å². The SMILES string of the molecule is [CH2][C@H]1C[C@@]2(C(N)=O)C[C@@H]2N1C(=O)c1nc(C2CC2)sc1-c1ccc(F)cc1. The van der Waals surface area contributed by atoms with Crippen LogP contribution in [0.15, 0.2) is 24.3 Å². The third-order valence-electron chi connectivity index (χ3n) is 5.97. The average Bonchev–Trinajstić information content (AvgIpc) is 3.53. The Kier molecular flexibility index (Phi) is 3.50. The second-order valence-electron chi connectivity index (χ2n) is 7.82. The zero-order valence-corrected chi connectivity index (χ0v) is 15.5. The molecule has 1 aliphatic heterocycles. The van der Waals surface area contributed by atoms with Crippen molar-refractivity contribution >= 4 is 23.2 Å². The third kappa shape index (κ3) is 2.51. The van der Waals surface area contributed by atoms with Crippen molar-refractivity contribution in [2.75, 3.05) is 0 Å². The van der Waals surface area contributed by atoms with E-state index in [9.17, 15) is 14.0 Å². The summed E-state index contributed by atoms with van der Waals surface area (Å²) in [6.45, 7) is 4.07. The standard InChI is InChI=1S/C20H19FN3O2S/c1-10-8-20(19(22)26)9-14(20)24(10)18(25)15-16(11-4-6-13(21)7-5-11)27-17(23-15)12-2-3-12/h4-7,10,12,14H,1-3,8-9H2,(H2,22,26)/t10-,14-,20+/m0/s1. The summed E-state index contributed by atoms with van der Waals surface area (Å²) in [7, 11) is 0. The van der Waals surface area contributed by atoms with Crippen LogP contribution in [0.25, 0.3) is 10.4 Å². The highest BCUT2D eigenvalue weighted by Gasteiger charge is 2.68. The second kappa shape index (κ2) is 5.61.